The number of halogens is 1. The molecule has 0 N–H and O–H groups in total. The first-order valence-corrected chi connectivity index (χ1v) is 9.29. The summed E-state index contributed by atoms with van der Waals surface area (Å²) in [5, 5.41) is 16.1. The van der Waals surface area contributed by atoms with Gasteiger partial charge < -0.3 is 0 Å². The van der Waals surface area contributed by atoms with E-state index in [0.717, 1.165) is 33.9 Å². The van der Waals surface area contributed by atoms with Gasteiger partial charge in [-0.05, 0) is 18.2 Å². The maximum atomic E-state index is 6.37. The van der Waals surface area contributed by atoms with Crippen LogP contribution in [0.1, 0.15) is 11.1 Å². The van der Waals surface area contributed by atoms with Gasteiger partial charge in [0.2, 0.25) is 0 Å². The number of rotatable bonds is 2. The molecule has 28 heavy (non-hydrogen) atoms. The number of fused-ring (bicyclic) bond motifs is 3. The van der Waals surface area contributed by atoms with Gasteiger partial charge in [-0.2, -0.15) is 5.10 Å². The second kappa shape index (κ2) is 6.62. The van der Waals surface area contributed by atoms with Crippen LogP contribution in [0.15, 0.2) is 84.0 Å². The van der Waals surface area contributed by atoms with Crippen molar-refractivity contribution < 1.29 is 0 Å². The van der Waals surface area contributed by atoms with E-state index >= 15 is 0 Å². The van der Waals surface area contributed by atoms with E-state index in [2.05, 4.69) is 10.2 Å². The first-order chi connectivity index (χ1) is 13.7. The Labute approximate surface area is 167 Å². The van der Waals surface area contributed by atoms with E-state index < -0.39 is 0 Å². The largest absolute Gasteiger partial charge is 0.259 e. The summed E-state index contributed by atoms with van der Waals surface area (Å²) in [4.78, 5) is 0. The molecule has 1 aromatic heterocycles. The van der Waals surface area contributed by atoms with E-state index in [4.69, 9.17) is 16.7 Å². The number of benzene rings is 3. The second-order valence-corrected chi connectivity index (χ2v) is 6.96. The molecule has 2 heterocycles. The molecule has 0 saturated carbocycles. The van der Waals surface area contributed by atoms with E-state index in [1.165, 1.54) is 0 Å². The number of nitrogens with zero attached hydrogens (tertiary/aromatic N) is 5. The van der Waals surface area contributed by atoms with Gasteiger partial charge >= 0.3 is 0 Å². The van der Waals surface area contributed by atoms with Crippen LogP contribution < -0.4 is 5.01 Å². The fourth-order valence-corrected chi connectivity index (χ4v) is 3.60. The summed E-state index contributed by atoms with van der Waals surface area (Å²) in [5.41, 5.74) is 4.71. The van der Waals surface area contributed by atoms with E-state index in [9.17, 15) is 0 Å². The summed E-state index contributed by atoms with van der Waals surface area (Å²) in [6, 6.07) is 25.9. The molecule has 6 heteroatoms. The average molecular weight is 386 g/mol. The summed E-state index contributed by atoms with van der Waals surface area (Å²) in [5.74, 6) is 1.41. The zero-order valence-corrected chi connectivity index (χ0v) is 15.9. The van der Waals surface area contributed by atoms with Crippen molar-refractivity contribution in [3.05, 3.63) is 95.0 Å². The maximum Gasteiger partial charge on any atom is 0.252 e. The van der Waals surface area contributed by atoms with Crippen LogP contribution in [0.25, 0.3) is 17.1 Å². The van der Waals surface area contributed by atoms with Crippen LogP contribution in [0.4, 0.5) is 5.95 Å². The minimum absolute atomic E-state index is 0.647. The van der Waals surface area contributed by atoms with Gasteiger partial charge in [0.05, 0.1) is 5.69 Å². The van der Waals surface area contributed by atoms with E-state index in [1.807, 2.05) is 90.5 Å². The fourth-order valence-electron chi connectivity index (χ4n) is 3.43. The van der Waals surface area contributed by atoms with Gasteiger partial charge in [0.25, 0.3) is 5.95 Å². The van der Waals surface area contributed by atoms with Crippen molar-refractivity contribution in [2.45, 2.75) is 0 Å². The van der Waals surface area contributed by atoms with Crippen LogP contribution in [0.2, 0.25) is 5.02 Å². The van der Waals surface area contributed by atoms with Crippen LogP contribution in [-0.2, 0) is 0 Å². The molecule has 0 spiro atoms. The van der Waals surface area contributed by atoms with Crippen molar-refractivity contribution in [2.75, 3.05) is 12.1 Å². The van der Waals surface area contributed by atoms with Crippen molar-refractivity contribution in [1.82, 2.24) is 14.8 Å². The van der Waals surface area contributed by atoms with Crippen molar-refractivity contribution in [2.24, 2.45) is 5.10 Å². The number of hydrogen-bond acceptors (Lipinski definition) is 4. The third-order valence-electron chi connectivity index (χ3n) is 4.72. The monoisotopic (exact) mass is 385 g/mol. The molecule has 0 amide bonds. The number of aromatic nitrogens is 3. The summed E-state index contributed by atoms with van der Waals surface area (Å²) in [7, 11) is 1.88. The molecule has 0 aliphatic carbocycles. The molecule has 0 fully saturated rings. The third kappa shape index (κ3) is 2.68. The lowest BCUT2D eigenvalue weighted by molar-refractivity contribution is 0.907. The molecule has 1 aliphatic heterocycles. The fraction of sp³-hybridized carbons (Fsp3) is 0.0455. The van der Waals surface area contributed by atoms with Crippen LogP contribution in [0, 0.1) is 0 Å². The molecule has 3 aromatic carbocycles. The number of anilines is 1. The first kappa shape index (κ1) is 16.7. The van der Waals surface area contributed by atoms with Gasteiger partial charge in [-0.1, -0.05) is 72.3 Å². The molecule has 0 radical (unpaired) electrons. The predicted molar refractivity (Wildman–Crippen MR) is 112 cm³/mol. The Bertz CT molecular complexity index is 1180. The van der Waals surface area contributed by atoms with Gasteiger partial charge in [0.1, 0.15) is 5.71 Å². The van der Waals surface area contributed by atoms with Crippen LogP contribution >= 0.6 is 11.6 Å². The highest BCUT2D eigenvalue weighted by Crippen LogP contribution is 2.33. The van der Waals surface area contributed by atoms with Crippen LogP contribution in [-0.4, -0.2) is 27.5 Å². The molecule has 136 valence electrons. The Morgan fingerprint density at radius 3 is 2.18 bits per heavy atom. The molecule has 5 nitrogen and oxygen atoms in total. The van der Waals surface area contributed by atoms with Gasteiger partial charge in [0.15, 0.2) is 5.82 Å². The lowest BCUT2D eigenvalue weighted by Gasteiger charge is -2.13. The van der Waals surface area contributed by atoms with Crippen LogP contribution in [0.5, 0.6) is 0 Å². The number of hydrogen-bond donors (Lipinski definition) is 0. The average Bonchev–Trinajstić information content (AvgIpc) is 3.13. The Hall–Kier alpha value is -3.44. The summed E-state index contributed by atoms with van der Waals surface area (Å²) in [6.45, 7) is 0. The molecular weight excluding hydrogens is 370 g/mol. The molecule has 1 aliphatic rings. The maximum absolute atomic E-state index is 6.37. The van der Waals surface area contributed by atoms with Crippen molar-refractivity contribution in [3.8, 4) is 17.1 Å². The van der Waals surface area contributed by atoms with Gasteiger partial charge in [-0.15, -0.1) is 10.2 Å². The first-order valence-electron chi connectivity index (χ1n) is 8.91. The molecule has 0 saturated heterocycles. The topological polar surface area (TPSA) is 46.3 Å². The number of hydrazone groups is 1. The zero-order valence-electron chi connectivity index (χ0n) is 15.1. The minimum atomic E-state index is 0.647. The highest BCUT2D eigenvalue weighted by molar-refractivity contribution is 6.31. The van der Waals surface area contributed by atoms with Crippen LogP contribution in [0.3, 0.4) is 0 Å². The standard InChI is InChI=1S/C22H16ClN5/c1-27-22-25-24-21(16-10-6-3-7-11-16)28(22)19-13-12-17(23)14-18(19)20(26-27)15-8-4-2-5-9-15/h2-14H,1H3. The highest BCUT2D eigenvalue weighted by atomic mass is 35.5. The second-order valence-electron chi connectivity index (χ2n) is 6.52. The smallest absolute Gasteiger partial charge is 0.252 e. The Morgan fingerprint density at radius 2 is 1.46 bits per heavy atom. The molecule has 4 aromatic rings. The zero-order chi connectivity index (χ0) is 19.1. The van der Waals surface area contributed by atoms with Crippen molar-refractivity contribution >= 4 is 23.3 Å². The summed E-state index contributed by atoms with van der Waals surface area (Å²) in [6.07, 6.45) is 0. The quantitative estimate of drug-likeness (QED) is 0.498. The molecule has 0 unspecified atom stereocenters. The van der Waals surface area contributed by atoms with E-state index in [-0.39, 0.29) is 0 Å². The van der Waals surface area contributed by atoms with Gasteiger partial charge in [-0.3, -0.25) is 4.57 Å². The van der Waals surface area contributed by atoms with Gasteiger partial charge in [0, 0.05) is 28.8 Å². The Kier molecular flexibility index (Phi) is 3.95. The minimum Gasteiger partial charge on any atom is -0.259 e. The van der Waals surface area contributed by atoms with E-state index in [0.29, 0.717) is 11.0 Å². The van der Waals surface area contributed by atoms with E-state index in [1.54, 1.807) is 5.01 Å². The lowest BCUT2D eigenvalue weighted by Crippen LogP contribution is -2.14. The summed E-state index contributed by atoms with van der Waals surface area (Å²) >= 11 is 6.37. The van der Waals surface area contributed by atoms with Gasteiger partial charge in [-0.25, -0.2) is 5.01 Å². The predicted octanol–water partition coefficient (Wildman–Crippen LogP) is 4.79. The Morgan fingerprint density at radius 1 is 0.786 bits per heavy atom. The molecule has 0 bridgehead atoms. The molecular formula is C22H16ClN5. The molecule has 5 rings (SSSR count). The Balaban J connectivity index is 1.81. The van der Waals surface area contributed by atoms with Crippen molar-refractivity contribution in [3.63, 3.8) is 0 Å². The summed E-state index contributed by atoms with van der Waals surface area (Å²) < 4.78 is 2.03. The third-order valence-corrected chi connectivity index (χ3v) is 4.95. The highest BCUT2D eigenvalue weighted by Gasteiger charge is 2.26. The van der Waals surface area contributed by atoms with Crippen molar-refractivity contribution in [1.29, 1.82) is 0 Å². The molecule has 0 atom stereocenters. The SMILES string of the molecule is CN1N=C(c2ccccc2)c2cc(Cl)ccc2-n2c(-c3ccccc3)nnc21. The normalized spacial score (nSPS) is 12.8. The lowest BCUT2D eigenvalue weighted by atomic mass is 10.0.